The van der Waals surface area contributed by atoms with E-state index in [1.807, 2.05) is 42.6 Å². The maximum absolute atomic E-state index is 6.49. The van der Waals surface area contributed by atoms with Crippen LogP contribution in [0.3, 0.4) is 0 Å². The van der Waals surface area contributed by atoms with Gasteiger partial charge in [-0.3, -0.25) is 9.88 Å². The Morgan fingerprint density at radius 3 is 2.17 bits per heavy atom. The molecule has 0 saturated heterocycles. The third-order valence-electron chi connectivity index (χ3n) is 9.06. The van der Waals surface area contributed by atoms with E-state index in [1.165, 1.54) is 16.3 Å². The minimum absolute atomic E-state index is 0.600. The molecule has 9 aromatic rings. The van der Waals surface area contributed by atoms with Crippen molar-refractivity contribution in [3.05, 3.63) is 146 Å². The van der Waals surface area contributed by atoms with Crippen molar-refractivity contribution in [1.82, 2.24) is 15.0 Å². The van der Waals surface area contributed by atoms with E-state index in [-0.39, 0.29) is 0 Å². The van der Waals surface area contributed by atoms with E-state index in [4.69, 9.17) is 14.4 Å². The largest absolute Gasteiger partial charge is 0.452 e. The molecule has 4 heterocycles. The van der Waals surface area contributed by atoms with Crippen molar-refractivity contribution in [3.63, 3.8) is 0 Å². The first-order chi connectivity index (χ1) is 22.8. The quantitative estimate of drug-likeness (QED) is 0.205. The van der Waals surface area contributed by atoms with Gasteiger partial charge in [0.1, 0.15) is 16.8 Å². The lowest BCUT2D eigenvalue weighted by molar-refractivity contribution is 0.667. The fourth-order valence-electron chi connectivity index (χ4n) is 6.98. The van der Waals surface area contributed by atoms with Gasteiger partial charge in [0.05, 0.1) is 17.1 Å². The average Bonchev–Trinajstić information content (AvgIpc) is 3.51. The number of anilines is 3. The predicted molar refractivity (Wildman–Crippen MR) is 187 cm³/mol. The molecule has 0 atom stereocenters. The molecule has 3 aromatic heterocycles. The molecule has 0 bridgehead atoms. The number of benzene rings is 6. The van der Waals surface area contributed by atoms with Crippen molar-refractivity contribution in [2.24, 2.45) is 0 Å². The number of hydrogen-bond donors (Lipinski definition) is 0. The smallest absolute Gasteiger partial charge is 0.236 e. The van der Waals surface area contributed by atoms with E-state index < -0.39 is 0 Å². The Balaban J connectivity index is 1.29. The first kappa shape index (κ1) is 25.0. The topological polar surface area (TPSA) is 55.1 Å². The molecule has 0 N–H and O–H groups in total. The fourth-order valence-corrected chi connectivity index (χ4v) is 6.98. The molecule has 0 saturated carbocycles. The molecule has 5 heteroatoms. The maximum Gasteiger partial charge on any atom is 0.236 e. The van der Waals surface area contributed by atoms with Crippen LogP contribution < -0.4 is 4.90 Å². The van der Waals surface area contributed by atoms with E-state index in [1.54, 1.807) is 0 Å². The van der Waals surface area contributed by atoms with Gasteiger partial charge in [0.2, 0.25) is 5.95 Å². The molecule has 0 aliphatic carbocycles. The van der Waals surface area contributed by atoms with Crippen LogP contribution in [0.4, 0.5) is 17.3 Å². The van der Waals surface area contributed by atoms with Crippen molar-refractivity contribution in [2.45, 2.75) is 0 Å². The second-order valence-electron chi connectivity index (χ2n) is 11.6. The number of rotatable bonds is 3. The molecule has 0 unspecified atom stereocenters. The van der Waals surface area contributed by atoms with Gasteiger partial charge >= 0.3 is 0 Å². The van der Waals surface area contributed by atoms with Crippen LogP contribution in [0.15, 0.2) is 150 Å². The molecular formula is C41H24N4O. The zero-order chi connectivity index (χ0) is 30.2. The molecule has 1 aliphatic rings. The van der Waals surface area contributed by atoms with Crippen LogP contribution in [0.2, 0.25) is 0 Å². The zero-order valence-electron chi connectivity index (χ0n) is 24.6. The molecule has 1 aliphatic heterocycles. The highest BCUT2D eigenvalue weighted by molar-refractivity contribution is 6.19. The summed E-state index contributed by atoms with van der Waals surface area (Å²) in [5.74, 6) is 0.600. The second-order valence-corrected chi connectivity index (χ2v) is 11.6. The van der Waals surface area contributed by atoms with Crippen LogP contribution in [0, 0.1) is 0 Å². The minimum atomic E-state index is 0.600. The third kappa shape index (κ3) is 3.60. The molecule has 0 spiro atoms. The summed E-state index contributed by atoms with van der Waals surface area (Å²) >= 11 is 0. The standard InChI is InChI=1S/C41H24N4O/c1-2-12-29-25(9-1)22-23-31-30-14-7-10-27-11-8-16-34(36(27)30)45(39(29)31)41-43-37(40-38(44-41)32-13-3-4-17-35(32)46-40)28-20-18-26(19-21-28)33-15-5-6-24-42-33/h1-24H. The van der Waals surface area contributed by atoms with Gasteiger partial charge in [-0.05, 0) is 46.7 Å². The van der Waals surface area contributed by atoms with Gasteiger partial charge in [0.15, 0.2) is 5.58 Å². The minimum Gasteiger partial charge on any atom is -0.452 e. The number of hydrogen-bond acceptors (Lipinski definition) is 5. The fraction of sp³-hybridized carbons (Fsp3) is 0. The van der Waals surface area contributed by atoms with Gasteiger partial charge < -0.3 is 4.42 Å². The van der Waals surface area contributed by atoms with Gasteiger partial charge in [-0.2, -0.15) is 0 Å². The molecule has 46 heavy (non-hydrogen) atoms. The predicted octanol–water partition coefficient (Wildman–Crippen LogP) is 10.9. The summed E-state index contributed by atoms with van der Waals surface area (Å²) in [5, 5.41) is 5.64. The second kappa shape index (κ2) is 9.58. The summed E-state index contributed by atoms with van der Waals surface area (Å²) in [6.45, 7) is 0. The number of furan rings is 1. The number of fused-ring (bicyclic) bond motifs is 7. The van der Waals surface area contributed by atoms with Crippen molar-refractivity contribution in [3.8, 4) is 33.6 Å². The molecule has 5 nitrogen and oxygen atoms in total. The Hall–Kier alpha value is -6.33. The average molecular weight is 589 g/mol. The molecule has 6 aromatic carbocycles. The summed E-state index contributed by atoms with van der Waals surface area (Å²) in [5.41, 5.74) is 10.4. The first-order valence-electron chi connectivity index (χ1n) is 15.4. The molecular weight excluding hydrogens is 564 g/mol. The zero-order valence-corrected chi connectivity index (χ0v) is 24.6. The lowest BCUT2D eigenvalue weighted by Gasteiger charge is -2.33. The molecule has 0 amide bonds. The van der Waals surface area contributed by atoms with Crippen LogP contribution in [0.5, 0.6) is 0 Å². The Morgan fingerprint density at radius 2 is 1.30 bits per heavy atom. The molecule has 0 radical (unpaired) electrons. The summed E-state index contributed by atoms with van der Waals surface area (Å²) < 4.78 is 6.49. The highest BCUT2D eigenvalue weighted by atomic mass is 16.3. The van der Waals surface area contributed by atoms with Crippen molar-refractivity contribution < 1.29 is 4.42 Å². The monoisotopic (exact) mass is 588 g/mol. The maximum atomic E-state index is 6.49. The van der Waals surface area contributed by atoms with Gasteiger partial charge in [-0.15, -0.1) is 0 Å². The normalized spacial score (nSPS) is 12.3. The lowest BCUT2D eigenvalue weighted by atomic mass is 9.89. The van der Waals surface area contributed by atoms with Crippen LogP contribution in [-0.4, -0.2) is 15.0 Å². The van der Waals surface area contributed by atoms with Crippen LogP contribution in [0.25, 0.3) is 77.3 Å². The number of para-hydroxylation sites is 1. The number of nitrogens with zero attached hydrogens (tertiary/aromatic N) is 4. The van der Waals surface area contributed by atoms with Gasteiger partial charge in [0.25, 0.3) is 0 Å². The van der Waals surface area contributed by atoms with E-state index in [9.17, 15) is 0 Å². The van der Waals surface area contributed by atoms with Crippen molar-refractivity contribution >= 4 is 60.9 Å². The first-order valence-corrected chi connectivity index (χ1v) is 15.4. The summed E-state index contributed by atoms with van der Waals surface area (Å²) in [6.07, 6.45) is 1.82. The number of pyridine rings is 1. The Bertz CT molecular complexity index is 2640. The van der Waals surface area contributed by atoms with Crippen LogP contribution >= 0.6 is 0 Å². The van der Waals surface area contributed by atoms with Crippen LogP contribution in [0.1, 0.15) is 0 Å². The van der Waals surface area contributed by atoms with Gasteiger partial charge in [-0.1, -0.05) is 109 Å². The van der Waals surface area contributed by atoms with E-state index >= 15 is 0 Å². The third-order valence-corrected chi connectivity index (χ3v) is 9.06. The lowest BCUT2D eigenvalue weighted by Crippen LogP contribution is -2.18. The van der Waals surface area contributed by atoms with Crippen molar-refractivity contribution in [1.29, 1.82) is 0 Å². The SMILES string of the molecule is c1ccc(-c2ccc(-c3nc(N4c5c(ccc6ccccc56)-c5cccc6cccc4c56)nc4c3oc3ccccc34)cc2)nc1. The Morgan fingerprint density at radius 1 is 0.543 bits per heavy atom. The number of aromatic nitrogens is 3. The van der Waals surface area contributed by atoms with E-state index in [0.717, 1.165) is 66.7 Å². The molecule has 214 valence electrons. The molecule has 10 rings (SSSR count). The highest BCUT2D eigenvalue weighted by Crippen LogP contribution is 2.53. The highest BCUT2D eigenvalue weighted by Gasteiger charge is 2.30. The van der Waals surface area contributed by atoms with Crippen LogP contribution in [-0.2, 0) is 0 Å². The van der Waals surface area contributed by atoms with E-state index in [0.29, 0.717) is 11.5 Å². The summed E-state index contributed by atoms with van der Waals surface area (Å²) in [4.78, 5) is 17.5. The Kier molecular flexibility index (Phi) is 5.22. The summed E-state index contributed by atoms with van der Waals surface area (Å²) in [6, 6.07) is 48.4. The van der Waals surface area contributed by atoms with Gasteiger partial charge in [-0.25, -0.2) is 9.97 Å². The van der Waals surface area contributed by atoms with E-state index in [2.05, 4.69) is 113 Å². The summed E-state index contributed by atoms with van der Waals surface area (Å²) in [7, 11) is 0. The van der Waals surface area contributed by atoms with Crippen molar-refractivity contribution in [2.75, 3.05) is 4.90 Å². The van der Waals surface area contributed by atoms with Gasteiger partial charge in [0, 0.05) is 39.0 Å². The Labute approximate surface area is 264 Å². The molecule has 0 fully saturated rings.